The maximum Gasteiger partial charge on any atom is 0.249 e. The van der Waals surface area contributed by atoms with Gasteiger partial charge >= 0.3 is 0 Å². The number of hydrogen-bond acceptors (Lipinski definition) is 1. The normalized spacial score (nSPS) is 24.8. The van der Waals surface area contributed by atoms with Crippen LogP contribution < -0.4 is 5.73 Å². The van der Waals surface area contributed by atoms with Gasteiger partial charge in [-0.15, -0.1) is 0 Å². The third-order valence-corrected chi connectivity index (χ3v) is 2.54. The summed E-state index contributed by atoms with van der Waals surface area (Å²) in [5.74, 6) is -3.24. The van der Waals surface area contributed by atoms with E-state index in [1.54, 1.807) is 6.92 Å². The van der Waals surface area contributed by atoms with Gasteiger partial charge in [-0.1, -0.05) is 6.92 Å². The molecule has 66 valence electrons. The molecule has 1 rings (SSSR count). The molecular weight excluding hydrogens is 148 g/mol. The summed E-state index contributed by atoms with van der Waals surface area (Å²) >= 11 is 0. The molecule has 0 spiro atoms. The van der Waals surface area contributed by atoms with Gasteiger partial charge < -0.3 is 5.73 Å². The molecule has 0 radical (unpaired) electrons. The predicted molar refractivity (Wildman–Crippen MR) is 40.6 cm³/mol. The zero-order valence-electron chi connectivity index (χ0n) is 7.03. The summed E-state index contributed by atoms with van der Waals surface area (Å²) in [6.07, 6.45) is 1.99. The van der Waals surface area contributed by atoms with Crippen LogP contribution in [-0.2, 0) is 0 Å². The fourth-order valence-corrected chi connectivity index (χ4v) is 1.76. The van der Waals surface area contributed by atoms with Crippen molar-refractivity contribution >= 4 is 0 Å². The van der Waals surface area contributed by atoms with Crippen LogP contribution in [0.15, 0.2) is 0 Å². The molecule has 11 heavy (non-hydrogen) atoms. The Labute approximate surface area is 66.0 Å². The zero-order chi connectivity index (χ0) is 8.70. The third kappa shape index (κ3) is 1.70. The number of alkyl halides is 2. The van der Waals surface area contributed by atoms with E-state index in [-0.39, 0.29) is 0 Å². The highest BCUT2D eigenvalue weighted by Crippen LogP contribution is 2.47. The van der Waals surface area contributed by atoms with Crippen LogP contribution in [0.25, 0.3) is 0 Å². The Morgan fingerprint density at radius 1 is 1.55 bits per heavy atom. The van der Waals surface area contributed by atoms with Gasteiger partial charge in [-0.3, -0.25) is 0 Å². The summed E-state index contributed by atoms with van der Waals surface area (Å²) in [4.78, 5) is 0. The predicted octanol–water partition coefficient (Wildman–Crippen LogP) is 2.16. The maximum absolute atomic E-state index is 12.8. The van der Waals surface area contributed by atoms with Crippen molar-refractivity contribution in [2.45, 2.75) is 44.6 Å². The van der Waals surface area contributed by atoms with Crippen LogP contribution in [0.2, 0.25) is 0 Å². The molecule has 0 aromatic heterocycles. The molecule has 0 bridgehead atoms. The minimum atomic E-state index is -2.61. The summed E-state index contributed by atoms with van der Waals surface area (Å²) in [5.41, 5.74) is 5.16. The molecule has 1 aliphatic rings. The third-order valence-electron chi connectivity index (χ3n) is 2.54. The first-order chi connectivity index (χ1) is 4.90. The number of nitrogens with two attached hydrogens (primary N) is 1. The highest BCUT2D eigenvalue weighted by Gasteiger charge is 2.53. The first kappa shape index (κ1) is 8.91. The topological polar surface area (TPSA) is 26.0 Å². The standard InChI is InChI=1S/C8H15F2N/c1-3-6(7(2,9)10)8(11)4-5-8/h6H,3-5,11H2,1-2H3. The Kier molecular flexibility index (Phi) is 1.95. The van der Waals surface area contributed by atoms with E-state index in [1.807, 2.05) is 0 Å². The number of hydrogen-bond donors (Lipinski definition) is 1. The first-order valence-corrected chi connectivity index (χ1v) is 4.07. The van der Waals surface area contributed by atoms with E-state index < -0.39 is 17.4 Å². The van der Waals surface area contributed by atoms with E-state index in [1.165, 1.54) is 0 Å². The lowest BCUT2D eigenvalue weighted by molar-refractivity contribution is -0.0549. The quantitative estimate of drug-likeness (QED) is 0.677. The molecule has 1 fully saturated rings. The largest absolute Gasteiger partial charge is 0.325 e. The van der Waals surface area contributed by atoms with E-state index in [0.717, 1.165) is 19.8 Å². The van der Waals surface area contributed by atoms with Crippen molar-refractivity contribution in [2.75, 3.05) is 0 Å². The number of rotatable bonds is 3. The molecule has 0 aliphatic heterocycles. The molecule has 0 heterocycles. The lowest BCUT2D eigenvalue weighted by atomic mass is 9.89. The highest BCUT2D eigenvalue weighted by molar-refractivity contribution is 5.06. The molecule has 1 nitrogen and oxygen atoms in total. The lowest BCUT2D eigenvalue weighted by Gasteiger charge is -2.27. The Bertz CT molecular complexity index is 141. The van der Waals surface area contributed by atoms with Crippen LogP contribution in [0, 0.1) is 5.92 Å². The van der Waals surface area contributed by atoms with Gasteiger partial charge in [0.15, 0.2) is 0 Å². The average molecular weight is 163 g/mol. The van der Waals surface area contributed by atoms with Crippen molar-refractivity contribution in [3.63, 3.8) is 0 Å². The molecular formula is C8H15F2N. The minimum absolute atomic E-state index is 0.472. The minimum Gasteiger partial charge on any atom is -0.325 e. The second-order valence-corrected chi connectivity index (χ2v) is 3.65. The van der Waals surface area contributed by atoms with Crippen molar-refractivity contribution in [2.24, 2.45) is 11.7 Å². The maximum atomic E-state index is 12.8. The summed E-state index contributed by atoms with van der Waals surface area (Å²) in [7, 11) is 0. The molecule has 0 saturated heterocycles. The summed E-state index contributed by atoms with van der Waals surface area (Å²) < 4.78 is 25.7. The zero-order valence-corrected chi connectivity index (χ0v) is 7.03. The Balaban J connectivity index is 2.64. The van der Waals surface area contributed by atoms with Crippen LogP contribution in [0.1, 0.15) is 33.1 Å². The Morgan fingerprint density at radius 2 is 2.00 bits per heavy atom. The van der Waals surface area contributed by atoms with Gasteiger partial charge in [0.25, 0.3) is 0 Å². The summed E-state index contributed by atoms with van der Waals surface area (Å²) in [6, 6.07) is 0. The SMILES string of the molecule is CCC(C(C)(F)F)C1(N)CC1. The van der Waals surface area contributed by atoms with E-state index in [0.29, 0.717) is 6.42 Å². The van der Waals surface area contributed by atoms with Crippen LogP contribution in [0.3, 0.4) is 0 Å². The Morgan fingerprint density at radius 3 is 2.09 bits per heavy atom. The summed E-state index contributed by atoms with van der Waals surface area (Å²) in [6.45, 7) is 2.74. The molecule has 0 aromatic rings. The molecule has 1 aliphatic carbocycles. The molecule has 2 N–H and O–H groups in total. The summed E-state index contributed by atoms with van der Waals surface area (Å²) in [5, 5.41) is 0. The fraction of sp³-hybridized carbons (Fsp3) is 1.00. The van der Waals surface area contributed by atoms with Crippen LogP contribution >= 0.6 is 0 Å². The van der Waals surface area contributed by atoms with E-state index >= 15 is 0 Å². The average Bonchev–Trinajstić information content (AvgIpc) is 2.45. The molecule has 3 heteroatoms. The second kappa shape index (κ2) is 2.41. The van der Waals surface area contributed by atoms with Gasteiger partial charge in [0.1, 0.15) is 0 Å². The fourth-order valence-electron chi connectivity index (χ4n) is 1.76. The van der Waals surface area contributed by atoms with E-state index in [4.69, 9.17) is 5.73 Å². The second-order valence-electron chi connectivity index (χ2n) is 3.65. The van der Waals surface area contributed by atoms with Crippen molar-refractivity contribution in [1.82, 2.24) is 0 Å². The van der Waals surface area contributed by atoms with Gasteiger partial charge in [0.2, 0.25) is 5.92 Å². The van der Waals surface area contributed by atoms with Gasteiger partial charge in [0.05, 0.1) is 0 Å². The van der Waals surface area contributed by atoms with Crippen LogP contribution in [0.5, 0.6) is 0 Å². The van der Waals surface area contributed by atoms with E-state index in [2.05, 4.69) is 0 Å². The monoisotopic (exact) mass is 163 g/mol. The van der Waals surface area contributed by atoms with Crippen molar-refractivity contribution in [1.29, 1.82) is 0 Å². The van der Waals surface area contributed by atoms with Crippen molar-refractivity contribution in [3.8, 4) is 0 Å². The van der Waals surface area contributed by atoms with Gasteiger partial charge in [-0.25, -0.2) is 8.78 Å². The molecule has 0 amide bonds. The van der Waals surface area contributed by atoms with E-state index in [9.17, 15) is 8.78 Å². The van der Waals surface area contributed by atoms with Gasteiger partial charge in [0, 0.05) is 11.5 Å². The van der Waals surface area contributed by atoms with Crippen LogP contribution in [0.4, 0.5) is 8.78 Å². The molecule has 0 aromatic carbocycles. The molecule has 1 unspecified atom stereocenters. The van der Waals surface area contributed by atoms with Crippen LogP contribution in [-0.4, -0.2) is 11.5 Å². The van der Waals surface area contributed by atoms with Gasteiger partial charge in [-0.2, -0.15) is 0 Å². The number of halogens is 2. The molecule has 1 saturated carbocycles. The van der Waals surface area contributed by atoms with Crippen molar-refractivity contribution in [3.05, 3.63) is 0 Å². The Hall–Kier alpha value is -0.180. The molecule has 1 atom stereocenters. The highest BCUT2D eigenvalue weighted by atomic mass is 19.3. The lowest BCUT2D eigenvalue weighted by Crippen LogP contribution is -2.42. The smallest absolute Gasteiger partial charge is 0.249 e. The van der Waals surface area contributed by atoms with Crippen molar-refractivity contribution < 1.29 is 8.78 Å². The van der Waals surface area contributed by atoms with Gasteiger partial charge in [-0.05, 0) is 26.2 Å². The first-order valence-electron chi connectivity index (χ1n) is 4.07.